The van der Waals surface area contributed by atoms with Crippen molar-refractivity contribution in [2.45, 2.75) is 41.0 Å². The van der Waals surface area contributed by atoms with Gasteiger partial charge in [-0.3, -0.25) is 0 Å². The molecule has 0 unspecified atom stereocenters. The fourth-order valence-electron chi connectivity index (χ4n) is 4.45. The molecule has 0 aliphatic carbocycles. The maximum atomic E-state index is 15.5. The zero-order chi connectivity index (χ0) is 21.9. The molecule has 2 aromatic heterocycles. The highest BCUT2D eigenvalue weighted by molar-refractivity contribution is 7.26. The van der Waals surface area contributed by atoms with E-state index in [4.69, 9.17) is 0 Å². The third kappa shape index (κ3) is 3.30. The van der Waals surface area contributed by atoms with E-state index in [-0.39, 0.29) is 11.2 Å². The van der Waals surface area contributed by atoms with Crippen LogP contribution in [0.3, 0.4) is 0 Å². The summed E-state index contributed by atoms with van der Waals surface area (Å²) in [5.74, 6) is -0.207. The molecule has 2 heterocycles. The third-order valence-electron chi connectivity index (χ3n) is 5.99. The topological polar surface area (TPSA) is 25.8 Å². The first kappa shape index (κ1) is 20.1. The predicted molar refractivity (Wildman–Crippen MR) is 130 cm³/mol. The molecule has 4 heteroatoms. The Labute approximate surface area is 185 Å². The fourth-order valence-corrected chi connectivity index (χ4v) is 5.73. The van der Waals surface area contributed by atoms with Gasteiger partial charge in [-0.2, -0.15) is 0 Å². The number of hydrogen-bond acceptors (Lipinski definition) is 3. The largest absolute Gasteiger partial charge is 0.235 e. The van der Waals surface area contributed by atoms with Crippen LogP contribution in [0.4, 0.5) is 4.39 Å². The highest BCUT2D eigenvalue weighted by Crippen LogP contribution is 2.42. The van der Waals surface area contributed by atoms with Crippen LogP contribution in [0.25, 0.3) is 42.3 Å². The summed E-state index contributed by atoms with van der Waals surface area (Å²) in [6.45, 7) is 10.8. The Balaban J connectivity index is 1.79. The van der Waals surface area contributed by atoms with Gasteiger partial charge in [-0.15, -0.1) is 11.3 Å². The molecule has 2 nitrogen and oxygen atoms in total. The van der Waals surface area contributed by atoms with Crippen molar-refractivity contribution in [2.75, 3.05) is 0 Å². The number of thiophene rings is 1. The van der Waals surface area contributed by atoms with Crippen LogP contribution in [0.2, 0.25) is 0 Å². The first-order chi connectivity index (χ1) is 14.7. The minimum atomic E-state index is -0.207. The van der Waals surface area contributed by atoms with Gasteiger partial charge in [0.15, 0.2) is 0 Å². The van der Waals surface area contributed by atoms with Gasteiger partial charge in [-0.05, 0) is 59.2 Å². The molecule has 0 spiro atoms. The first-order valence-electron chi connectivity index (χ1n) is 10.6. The molecule has 0 N–H and O–H groups in total. The van der Waals surface area contributed by atoms with Crippen LogP contribution in [0.5, 0.6) is 0 Å². The van der Waals surface area contributed by atoms with E-state index in [9.17, 15) is 0 Å². The number of aryl methyl sites for hydroxylation is 2. The Hall–Kier alpha value is -2.85. The van der Waals surface area contributed by atoms with Crippen molar-refractivity contribution in [3.05, 3.63) is 71.3 Å². The van der Waals surface area contributed by atoms with Gasteiger partial charge >= 0.3 is 0 Å². The summed E-state index contributed by atoms with van der Waals surface area (Å²) in [4.78, 5) is 9.14. The molecule has 0 amide bonds. The molecule has 5 rings (SSSR count). The second-order valence-electron chi connectivity index (χ2n) is 9.55. The molecule has 156 valence electrons. The van der Waals surface area contributed by atoms with Crippen molar-refractivity contribution in [3.8, 4) is 11.3 Å². The molecule has 0 atom stereocenters. The van der Waals surface area contributed by atoms with Gasteiger partial charge in [-0.1, -0.05) is 57.2 Å². The van der Waals surface area contributed by atoms with Crippen molar-refractivity contribution in [1.29, 1.82) is 0 Å². The Bertz CT molecular complexity index is 1470. The smallest absolute Gasteiger partial charge is 0.136 e. The van der Waals surface area contributed by atoms with Crippen LogP contribution < -0.4 is 0 Å². The van der Waals surface area contributed by atoms with E-state index in [1.165, 1.54) is 15.8 Å². The monoisotopic (exact) mass is 428 g/mol. The van der Waals surface area contributed by atoms with E-state index >= 15 is 4.39 Å². The molecular weight excluding hydrogens is 403 g/mol. The van der Waals surface area contributed by atoms with Crippen LogP contribution in [0.15, 0.2) is 48.8 Å². The summed E-state index contributed by atoms with van der Waals surface area (Å²) < 4.78 is 17.6. The van der Waals surface area contributed by atoms with E-state index in [2.05, 4.69) is 49.8 Å². The van der Waals surface area contributed by atoms with Crippen molar-refractivity contribution >= 4 is 42.4 Å². The van der Waals surface area contributed by atoms with Gasteiger partial charge in [0.05, 0.1) is 15.9 Å². The number of fused-ring (bicyclic) bond motifs is 4. The molecule has 0 bridgehead atoms. The minimum Gasteiger partial charge on any atom is -0.235 e. The zero-order valence-corrected chi connectivity index (χ0v) is 19.3. The van der Waals surface area contributed by atoms with Crippen molar-refractivity contribution in [1.82, 2.24) is 9.97 Å². The molecular formula is C27H25FN2S. The standard InChI is InChI=1S/C27H25FN2S/c1-15-18(13-27(3,4)5)10-11-20-23-26(31-25(15)20)24(30-14-29-23)21-12-17-8-6-7-9-19(17)16(2)22(21)28/h6-12,14H,13H2,1-5H3. The maximum absolute atomic E-state index is 15.5. The fraction of sp³-hybridized carbons (Fsp3) is 0.259. The summed E-state index contributed by atoms with van der Waals surface area (Å²) in [6, 6.07) is 14.2. The highest BCUT2D eigenvalue weighted by atomic mass is 32.1. The third-order valence-corrected chi connectivity index (χ3v) is 7.31. The number of benzene rings is 3. The van der Waals surface area contributed by atoms with Crippen LogP contribution in [0.1, 0.15) is 37.5 Å². The minimum absolute atomic E-state index is 0.207. The van der Waals surface area contributed by atoms with Gasteiger partial charge in [0, 0.05) is 15.6 Å². The summed E-state index contributed by atoms with van der Waals surface area (Å²) in [6.07, 6.45) is 2.58. The van der Waals surface area contributed by atoms with E-state index in [1.807, 2.05) is 37.3 Å². The van der Waals surface area contributed by atoms with E-state index < -0.39 is 0 Å². The lowest BCUT2D eigenvalue weighted by molar-refractivity contribution is 0.410. The van der Waals surface area contributed by atoms with E-state index in [1.54, 1.807) is 17.7 Å². The van der Waals surface area contributed by atoms with Crippen molar-refractivity contribution in [3.63, 3.8) is 0 Å². The summed E-state index contributed by atoms with van der Waals surface area (Å²) in [5.41, 5.74) is 5.64. The van der Waals surface area contributed by atoms with Crippen LogP contribution in [-0.4, -0.2) is 9.97 Å². The average Bonchev–Trinajstić information content (AvgIpc) is 3.12. The summed E-state index contributed by atoms with van der Waals surface area (Å²) in [5, 5.41) is 3.08. The summed E-state index contributed by atoms with van der Waals surface area (Å²) in [7, 11) is 0. The molecule has 3 aromatic carbocycles. The van der Waals surface area contributed by atoms with Crippen LogP contribution in [-0.2, 0) is 6.42 Å². The van der Waals surface area contributed by atoms with E-state index in [0.717, 1.165) is 32.8 Å². The molecule has 0 fully saturated rings. The molecule has 0 aliphatic heterocycles. The molecule has 31 heavy (non-hydrogen) atoms. The van der Waals surface area contributed by atoms with Gasteiger partial charge in [0.1, 0.15) is 12.1 Å². The Morgan fingerprint density at radius 3 is 2.45 bits per heavy atom. The lowest BCUT2D eigenvalue weighted by Gasteiger charge is -2.19. The highest BCUT2D eigenvalue weighted by Gasteiger charge is 2.20. The average molecular weight is 429 g/mol. The van der Waals surface area contributed by atoms with Gasteiger partial charge < -0.3 is 0 Å². The van der Waals surface area contributed by atoms with E-state index in [0.29, 0.717) is 16.8 Å². The molecule has 0 aliphatic rings. The number of rotatable bonds is 2. The van der Waals surface area contributed by atoms with Crippen molar-refractivity contribution in [2.24, 2.45) is 5.41 Å². The van der Waals surface area contributed by atoms with Crippen molar-refractivity contribution < 1.29 is 4.39 Å². The molecule has 0 radical (unpaired) electrons. The zero-order valence-electron chi connectivity index (χ0n) is 18.5. The SMILES string of the molecule is Cc1c(F)c(-c2ncnc3c2sc2c(C)c(CC(C)(C)C)ccc23)cc2ccccc12. The summed E-state index contributed by atoms with van der Waals surface area (Å²) >= 11 is 1.68. The number of hydrogen-bond donors (Lipinski definition) is 0. The molecule has 5 aromatic rings. The number of aromatic nitrogens is 2. The molecule has 0 saturated heterocycles. The normalized spacial score (nSPS) is 12.3. The number of nitrogens with zero attached hydrogens (tertiary/aromatic N) is 2. The first-order valence-corrected chi connectivity index (χ1v) is 11.4. The lowest BCUT2D eigenvalue weighted by Crippen LogP contribution is -2.10. The predicted octanol–water partition coefficient (Wildman–Crippen LogP) is 8.01. The molecule has 0 saturated carbocycles. The number of halogens is 1. The van der Waals surface area contributed by atoms with Crippen LogP contribution >= 0.6 is 11.3 Å². The van der Waals surface area contributed by atoms with Gasteiger partial charge in [0.2, 0.25) is 0 Å². The lowest BCUT2D eigenvalue weighted by atomic mass is 9.86. The maximum Gasteiger partial charge on any atom is 0.136 e. The van der Waals surface area contributed by atoms with Crippen LogP contribution in [0, 0.1) is 25.1 Å². The Morgan fingerprint density at radius 1 is 0.903 bits per heavy atom. The quantitative estimate of drug-likeness (QED) is 0.284. The second kappa shape index (κ2) is 7.10. The van der Waals surface area contributed by atoms with Gasteiger partial charge in [-0.25, -0.2) is 14.4 Å². The Kier molecular flexibility index (Phi) is 4.60. The Morgan fingerprint density at radius 2 is 1.68 bits per heavy atom. The van der Waals surface area contributed by atoms with Gasteiger partial charge in [0.25, 0.3) is 0 Å². The second-order valence-corrected chi connectivity index (χ2v) is 10.6.